The van der Waals surface area contributed by atoms with Gasteiger partial charge in [0, 0.05) is 21.6 Å². The van der Waals surface area contributed by atoms with Crippen molar-refractivity contribution in [3.05, 3.63) is 82.9 Å². The highest BCUT2D eigenvalue weighted by atomic mass is 79.9. The number of rotatable bonds is 3. The molecule has 0 bridgehead atoms. The molecule has 0 spiro atoms. The van der Waals surface area contributed by atoms with Crippen molar-refractivity contribution < 1.29 is 0 Å². The van der Waals surface area contributed by atoms with Crippen LogP contribution in [0, 0.1) is 0 Å². The summed E-state index contributed by atoms with van der Waals surface area (Å²) in [6.45, 7) is 0. The van der Waals surface area contributed by atoms with Crippen LogP contribution in [0.2, 0.25) is 0 Å². The Morgan fingerprint density at radius 2 is 1.79 bits per heavy atom. The maximum atomic E-state index is 4.83. The van der Waals surface area contributed by atoms with Gasteiger partial charge in [-0.25, -0.2) is 4.98 Å². The van der Waals surface area contributed by atoms with Crippen LogP contribution in [-0.4, -0.2) is 29.8 Å². The summed E-state index contributed by atoms with van der Waals surface area (Å²) in [4.78, 5) is 8.92. The fourth-order valence-corrected chi connectivity index (χ4v) is 4.15. The number of hydrogen-bond donors (Lipinski definition) is 0. The highest BCUT2D eigenvalue weighted by Crippen LogP contribution is 2.53. The molecule has 3 aromatic heterocycles. The first kappa shape index (κ1) is 16.7. The van der Waals surface area contributed by atoms with Crippen LogP contribution < -0.4 is 0 Å². The number of pyridine rings is 1. The SMILES string of the molecule is Brc1ccc(-c2cnc3nnc(C4(c5ccc6ncccc6c5)CC4)n3n2)cc1. The quantitative estimate of drug-likeness (QED) is 0.409. The van der Waals surface area contributed by atoms with Gasteiger partial charge in [-0.1, -0.05) is 40.2 Å². The summed E-state index contributed by atoms with van der Waals surface area (Å²) in [6.07, 6.45) is 5.60. The van der Waals surface area contributed by atoms with E-state index in [2.05, 4.69) is 60.4 Å². The first-order valence-corrected chi connectivity index (χ1v) is 10.2. The molecule has 3 heterocycles. The van der Waals surface area contributed by atoms with E-state index in [9.17, 15) is 0 Å². The molecule has 5 aromatic rings. The number of hydrogen-bond acceptors (Lipinski definition) is 5. The normalized spacial score (nSPS) is 15.1. The van der Waals surface area contributed by atoms with Crippen molar-refractivity contribution >= 4 is 32.6 Å². The second kappa shape index (κ2) is 6.15. The Hall–Kier alpha value is -3.19. The van der Waals surface area contributed by atoms with E-state index in [4.69, 9.17) is 5.10 Å². The zero-order chi connectivity index (χ0) is 19.4. The lowest BCUT2D eigenvalue weighted by Gasteiger charge is -2.14. The van der Waals surface area contributed by atoms with Crippen LogP contribution in [0.15, 0.2) is 71.5 Å². The molecule has 1 saturated carbocycles. The van der Waals surface area contributed by atoms with Crippen molar-refractivity contribution in [1.29, 1.82) is 0 Å². The molecule has 1 aliphatic carbocycles. The molecule has 0 amide bonds. The Kier molecular flexibility index (Phi) is 3.55. The van der Waals surface area contributed by atoms with Crippen molar-refractivity contribution in [2.24, 2.45) is 0 Å². The summed E-state index contributed by atoms with van der Waals surface area (Å²) in [5.41, 5.74) is 3.85. The van der Waals surface area contributed by atoms with Crippen molar-refractivity contribution in [3.63, 3.8) is 0 Å². The minimum absolute atomic E-state index is 0.170. The monoisotopic (exact) mass is 442 g/mol. The Bertz CT molecular complexity index is 1370. The van der Waals surface area contributed by atoms with Crippen molar-refractivity contribution in [2.45, 2.75) is 18.3 Å². The van der Waals surface area contributed by atoms with Gasteiger partial charge in [0.05, 0.1) is 17.1 Å². The van der Waals surface area contributed by atoms with E-state index < -0.39 is 0 Å². The predicted octanol–water partition coefficient (Wildman–Crippen LogP) is 4.58. The van der Waals surface area contributed by atoms with E-state index in [1.165, 1.54) is 5.56 Å². The average Bonchev–Trinajstić information content (AvgIpc) is 3.46. The highest BCUT2D eigenvalue weighted by molar-refractivity contribution is 9.10. The standard InChI is InChI=1S/C22H15BrN6/c23-17-6-3-14(4-7-17)19-13-25-21-27-26-20(29(21)28-19)22(9-10-22)16-5-8-18-15(12-16)2-1-11-24-18/h1-8,11-13H,9-10H2. The van der Waals surface area contributed by atoms with Crippen LogP contribution in [0.5, 0.6) is 0 Å². The first-order chi connectivity index (χ1) is 14.2. The van der Waals surface area contributed by atoms with E-state index in [0.717, 1.165) is 45.3 Å². The topological polar surface area (TPSA) is 68.9 Å². The molecule has 1 fully saturated rings. The van der Waals surface area contributed by atoms with Crippen LogP contribution in [-0.2, 0) is 5.41 Å². The Morgan fingerprint density at radius 1 is 0.931 bits per heavy atom. The van der Waals surface area contributed by atoms with Crippen molar-refractivity contribution in [1.82, 2.24) is 29.8 Å². The van der Waals surface area contributed by atoms with Gasteiger partial charge in [0.2, 0.25) is 0 Å². The molecular weight excluding hydrogens is 428 g/mol. The smallest absolute Gasteiger partial charge is 0.256 e. The molecule has 7 heteroatoms. The molecular formula is C22H15BrN6. The van der Waals surface area contributed by atoms with Gasteiger partial charge in [0.1, 0.15) is 5.69 Å². The molecule has 0 saturated heterocycles. The Balaban J connectivity index is 1.49. The van der Waals surface area contributed by atoms with Crippen LogP contribution in [0.4, 0.5) is 0 Å². The van der Waals surface area contributed by atoms with Crippen LogP contribution in [0.1, 0.15) is 24.2 Å². The van der Waals surface area contributed by atoms with Crippen LogP contribution >= 0.6 is 15.9 Å². The first-order valence-electron chi connectivity index (χ1n) is 9.43. The largest absolute Gasteiger partial charge is 0.271 e. The van der Waals surface area contributed by atoms with Crippen molar-refractivity contribution in [3.8, 4) is 11.3 Å². The van der Waals surface area contributed by atoms with Gasteiger partial charge in [-0.05, 0) is 48.7 Å². The molecule has 0 unspecified atom stereocenters. The zero-order valence-corrected chi connectivity index (χ0v) is 16.9. The number of benzene rings is 2. The maximum absolute atomic E-state index is 4.83. The summed E-state index contributed by atoms with van der Waals surface area (Å²) in [6, 6.07) is 18.5. The number of aromatic nitrogens is 6. The summed E-state index contributed by atoms with van der Waals surface area (Å²) >= 11 is 3.47. The van der Waals surface area contributed by atoms with E-state index >= 15 is 0 Å². The predicted molar refractivity (Wildman–Crippen MR) is 113 cm³/mol. The Morgan fingerprint density at radius 3 is 2.62 bits per heavy atom. The number of nitrogens with zero attached hydrogens (tertiary/aromatic N) is 6. The van der Waals surface area contributed by atoms with Gasteiger partial charge < -0.3 is 0 Å². The summed E-state index contributed by atoms with van der Waals surface area (Å²) in [5, 5.41) is 14.7. The van der Waals surface area contributed by atoms with Gasteiger partial charge in [-0.3, -0.25) is 4.98 Å². The summed E-state index contributed by atoms with van der Waals surface area (Å²) in [5.74, 6) is 1.37. The molecule has 0 N–H and O–H groups in total. The molecule has 1 aliphatic rings. The van der Waals surface area contributed by atoms with E-state index in [-0.39, 0.29) is 5.41 Å². The van der Waals surface area contributed by atoms with Gasteiger partial charge in [-0.15, -0.1) is 10.2 Å². The van der Waals surface area contributed by atoms with Gasteiger partial charge in [0.25, 0.3) is 5.78 Å². The average molecular weight is 443 g/mol. The second-order valence-corrected chi connectivity index (χ2v) is 8.29. The fraction of sp³-hybridized carbons (Fsp3) is 0.136. The van der Waals surface area contributed by atoms with Crippen LogP contribution in [0.25, 0.3) is 27.9 Å². The molecule has 2 aromatic carbocycles. The van der Waals surface area contributed by atoms with E-state index in [0.29, 0.717) is 5.78 Å². The van der Waals surface area contributed by atoms with Gasteiger partial charge in [-0.2, -0.15) is 9.61 Å². The highest BCUT2D eigenvalue weighted by Gasteiger charge is 2.50. The lowest BCUT2D eigenvalue weighted by atomic mass is 9.94. The fourth-order valence-electron chi connectivity index (χ4n) is 3.89. The molecule has 0 atom stereocenters. The minimum Gasteiger partial charge on any atom is -0.256 e. The molecule has 6 rings (SSSR count). The summed E-state index contributed by atoms with van der Waals surface area (Å²) < 4.78 is 2.83. The molecule has 29 heavy (non-hydrogen) atoms. The maximum Gasteiger partial charge on any atom is 0.271 e. The second-order valence-electron chi connectivity index (χ2n) is 7.38. The lowest BCUT2D eigenvalue weighted by molar-refractivity contribution is 0.703. The third-order valence-corrected chi connectivity index (χ3v) is 6.14. The third kappa shape index (κ3) is 2.65. The third-order valence-electron chi connectivity index (χ3n) is 5.61. The van der Waals surface area contributed by atoms with Crippen LogP contribution in [0.3, 0.4) is 0 Å². The Labute approximate surface area is 174 Å². The molecule has 0 radical (unpaired) electrons. The van der Waals surface area contributed by atoms with Crippen molar-refractivity contribution in [2.75, 3.05) is 0 Å². The number of halogens is 1. The molecule has 6 nitrogen and oxygen atoms in total. The zero-order valence-electron chi connectivity index (χ0n) is 15.3. The summed E-state index contributed by atoms with van der Waals surface area (Å²) in [7, 11) is 0. The minimum atomic E-state index is -0.170. The van der Waals surface area contributed by atoms with Gasteiger partial charge >= 0.3 is 0 Å². The molecule has 0 aliphatic heterocycles. The lowest BCUT2D eigenvalue weighted by Crippen LogP contribution is -2.15. The van der Waals surface area contributed by atoms with E-state index in [1.54, 1.807) is 10.7 Å². The number of fused-ring (bicyclic) bond motifs is 2. The van der Waals surface area contributed by atoms with Gasteiger partial charge in [0.15, 0.2) is 5.82 Å². The molecule has 140 valence electrons. The van der Waals surface area contributed by atoms with E-state index in [1.807, 2.05) is 36.5 Å².